The Morgan fingerprint density at radius 3 is 1.17 bits per heavy atom. The van der Waals surface area contributed by atoms with E-state index in [1.807, 2.05) is 0 Å². The molecular formula is C2H9O2SbTi. The first-order chi connectivity index (χ1) is 1.91. The van der Waals surface area contributed by atoms with E-state index in [9.17, 15) is 0 Å². The summed E-state index contributed by atoms with van der Waals surface area (Å²) in [5.41, 5.74) is 0. The molecule has 0 saturated heterocycles. The van der Waals surface area contributed by atoms with Crippen LogP contribution in [0.5, 0.6) is 0 Å². The summed E-state index contributed by atoms with van der Waals surface area (Å²) in [6.07, 6.45) is 0. The topological polar surface area (TPSA) is 40.5 Å². The van der Waals surface area contributed by atoms with E-state index >= 15 is 0 Å². The second-order valence-corrected chi connectivity index (χ2v) is 0.447. The summed E-state index contributed by atoms with van der Waals surface area (Å²) in [6.45, 7) is -0.250. The Bertz CT molecular complexity index is 13.5. The summed E-state index contributed by atoms with van der Waals surface area (Å²) in [6, 6.07) is 0. The van der Waals surface area contributed by atoms with Crippen LogP contribution in [0.25, 0.3) is 0 Å². The first kappa shape index (κ1) is 15.7. The van der Waals surface area contributed by atoms with Gasteiger partial charge in [0.05, 0.1) is 13.2 Å². The molecule has 0 aliphatic carbocycles. The maximum Gasteiger partial charge on any atom is 0 e. The van der Waals surface area contributed by atoms with Crippen LogP contribution in [-0.2, 0) is 21.7 Å². The molecule has 0 aromatic rings. The van der Waals surface area contributed by atoms with Gasteiger partial charge in [0.1, 0.15) is 0 Å². The van der Waals surface area contributed by atoms with Crippen molar-refractivity contribution in [3.05, 3.63) is 0 Å². The van der Waals surface area contributed by atoms with Gasteiger partial charge in [0.15, 0.2) is 0 Å². The minimum Gasteiger partial charge on any atom is 0 e. The zero-order valence-electron chi connectivity index (χ0n) is 3.52. The van der Waals surface area contributed by atoms with Crippen LogP contribution in [0.4, 0.5) is 0 Å². The van der Waals surface area contributed by atoms with Gasteiger partial charge in [0, 0.05) is 21.7 Å². The summed E-state index contributed by atoms with van der Waals surface area (Å²) < 4.78 is 0. The second kappa shape index (κ2) is 16.1. The largest absolute Gasteiger partial charge is 0 e. The monoisotopic (exact) mass is 234 g/mol. The van der Waals surface area contributed by atoms with Crippen LogP contribution in [0.1, 0.15) is 0 Å². The molecule has 0 saturated carbocycles. The van der Waals surface area contributed by atoms with E-state index in [0.717, 1.165) is 0 Å². The fraction of sp³-hybridized carbons (Fsp3) is 1.00. The number of hydrogen-bond donors (Lipinski definition) is 2. The summed E-state index contributed by atoms with van der Waals surface area (Å²) >= 11 is 0. The van der Waals surface area contributed by atoms with Gasteiger partial charge >= 0.3 is 24.4 Å². The van der Waals surface area contributed by atoms with Gasteiger partial charge in [0.25, 0.3) is 0 Å². The molecule has 4 heteroatoms. The van der Waals surface area contributed by atoms with Crippen molar-refractivity contribution in [1.82, 2.24) is 0 Å². The van der Waals surface area contributed by atoms with E-state index in [0.29, 0.717) is 0 Å². The molecule has 38 valence electrons. The van der Waals surface area contributed by atoms with Gasteiger partial charge in [-0.05, 0) is 0 Å². The van der Waals surface area contributed by atoms with Crippen LogP contribution in [0.2, 0.25) is 0 Å². The van der Waals surface area contributed by atoms with E-state index in [1.165, 1.54) is 0 Å². The molecule has 0 fully saturated rings. The average molecular weight is 235 g/mol. The summed E-state index contributed by atoms with van der Waals surface area (Å²) in [5.74, 6) is 0. The van der Waals surface area contributed by atoms with Gasteiger partial charge in [-0.3, -0.25) is 0 Å². The van der Waals surface area contributed by atoms with Gasteiger partial charge in [-0.2, -0.15) is 0 Å². The molecule has 2 nitrogen and oxygen atoms in total. The molecule has 2 N–H and O–H groups in total. The molecule has 0 spiro atoms. The third kappa shape index (κ3) is 18.0. The van der Waals surface area contributed by atoms with E-state index in [-0.39, 0.29) is 59.4 Å². The minimum absolute atomic E-state index is 0. The Hall–Kier alpha value is 1.45. The number of hydrogen-bond acceptors (Lipinski definition) is 2. The van der Waals surface area contributed by atoms with Gasteiger partial charge in [0.2, 0.25) is 0 Å². The van der Waals surface area contributed by atoms with E-state index < -0.39 is 0 Å². The summed E-state index contributed by atoms with van der Waals surface area (Å²) in [7, 11) is 0. The van der Waals surface area contributed by atoms with Crippen molar-refractivity contribution in [2.75, 3.05) is 13.2 Å². The SMILES string of the molecule is OCCO.[SbH3].[Ti]. The molecule has 0 aliphatic rings. The van der Waals surface area contributed by atoms with E-state index in [2.05, 4.69) is 0 Å². The van der Waals surface area contributed by atoms with Gasteiger partial charge in [-0.1, -0.05) is 0 Å². The van der Waals surface area contributed by atoms with Crippen LogP contribution < -0.4 is 0 Å². The van der Waals surface area contributed by atoms with Gasteiger partial charge < -0.3 is 10.2 Å². The van der Waals surface area contributed by atoms with Crippen molar-refractivity contribution in [3.8, 4) is 0 Å². The Morgan fingerprint density at radius 2 is 1.17 bits per heavy atom. The maximum atomic E-state index is 7.62. The number of aliphatic hydroxyl groups excluding tert-OH is 2. The fourth-order valence-electron chi connectivity index (χ4n) is 0. The summed E-state index contributed by atoms with van der Waals surface area (Å²) in [5, 5.41) is 15.2. The molecule has 0 unspecified atom stereocenters. The van der Waals surface area contributed by atoms with Crippen molar-refractivity contribution in [1.29, 1.82) is 0 Å². The molecule has 0 heterocycles. The molecule has 0 aromatic heterocycles. The number of rotatable bonds is 1. The molecule has 0 atom stereocenters. The third-order valence-electron chi connectivity index (χ3n) is 0.1000. The van der Waals surface area contributed by atoms with Crippen molar-refractivity contribution < 1.29 is 31.9 Å². The number of aliphatic hydroxyl groups is 2. The van der Waals surface area contributed by atoms with E-state index in [1.54, 1.807) is 0 Å². The minimum atomic E-state index is -0.125. The van der Waals surface area contributed by atoms with Crippen LogP contribution in [0.15, 0.2) is 0 Å². The molecule has 0 amide bonds. The second-order valence-electron chi connectivity index (χ2n) is 0.447. The first-order valence-corrected chi connectivity index (χ1v) is 1.13. The standard InChI is InChI=1S/C2H6O2.Sb.Ti.3H/c3-1-2-4;;;;;/h3-4H,1-2H2;;;;;. The molecule has 0 rings (SSSR count). The Morgan fingerprint density at radius 1 is 1.00 bits per heavy atom. The first-order valence-electron chi connectivity index (χ1n) is 1.13. The van der Waals surface area contributed by atoms with Crippen LogP contribution in [0.3, 0.4) is 0 Å². The normalized spacial score (nSPS) is 5.00. The van der Waals surface area contributed by atoms with Crippen molar-refractivity contribution in [2.45, 2.75) is 0 Å². The van der Waals surface area contributed by atoms with Crippen LogP contribution >= 0.6 is 0 Å². The molecule has 0 aromatic carbocycles. The summed E-state index contributed by atoms with van der Waals surface area (Å²) in [4.78, 5) is 0. The van der Waals surface area contributed by atoms with Crippen molar-refractivity contribution in [3.63, 3.8) is 0 Å². The van der Waals surface area contributed by atoms with Crippen LogP contribution in [0, 0.1) is 0 Å². The predicted octanol–water partition coefficient (Wildman–Crippen LogP) is -2.22. The third-order valence-corrected chi connectivity index (χ3v) is 0.1000. The molecule has 6 heavy (non-hydrogen) atoms. The molecule has 0 radical (unpaired) electrons. The molecule has 0 aliphatic heterocycles. The van der Waals surface area contributed by atoms with Crippen molar-refractivity contribution in [2.24, 2.45) is 0 Å². The Balaban J connectivity index is -0.0000000450. The smallest absolute Gasteiger partial charge is 0 e. The van der Waals surface area contributed by atoms with Gasteiger partial charge in [-0.15, -0.1) is 0 Å². The average Bonchev–Trinajstić information content (AvgIpc) is 1.37. The zero-order chi connectivity index (χ0) is 3.41. The van der Waals surface area contributed by atoms with Crippen LogP contribution in [-0.4, -0.2) is 47.9 Å². The van der Waals surface area contributed by atoms with Crippen molar-refractivity contribution >= 4 is 24.4 Å². The zero-order valence-corrected chi connectivity index (χ0v) is 9.11. The molecular weight excluding hydrogens is 226 g/mol. The van der Waals surface area contributed by atoms with Gasteiger partial charge in [-0.25, -0.2) is 0 Å². The Labute approximate surface area is 69.3 Å². The molecule has 0 bridgehead atoms. The quantitative estimate of drug-likeness (QED) is 0.505. The van der Waals surface area contributed by atoms with E-state index in [4.69, 9.17) is 10.2 Å². The maximum absolute atomic E-state index is 7.62. The fourth-order valence-corrected chi connectivity index (χ4v) is 0. The predicted molar refractivity (Wildman–Crippen MR) is 24.1 cm³/mol. The Kier molecular flexibility index (Phi) is 42.0.